The lowest BCUT2D eigenvalue weighted by atomic mass is 10.2. The van der Waals surface area contributed by atoms with Crippen LogP contribution in [-0.2, 0) is 6.54 Å². The van der Waals surface area contributed by atoms with E-state index < -0.39 is 0 Å². The third-order valence-corrected chi connectivity index (χ3v) is 4.23. The molecule has 7 heteroatoms. The number of carbonyl (C=O) groups is 1. The summed E-state index contributed by atoms with van der Waals surface area (Å²) in [6.07, 6.45) is 5.07. The Labute approximate surface area is 155 Å². The largest absolute Gasteiger partial charge is 0.381 e. The van der Waals surface area contributed by atoms with Gasteiger partial charge in [-0.3, -0.25) is 14.8 Å². The Balaban J connectivity index is 1.70. The second-order valence-corrected chi connectivity index (χ2v) is 5.99. The van der Waals surface area contributed by atoms with Crippen molar-refractivity contribution in [3.8, 4) is 0 Å². The van der Waals surface area contributed by atoms with Gasteiger partial charge in [0, 0.05) is 30.8 Å². The van der Waals surface area contributed by atoms with Crippen molar-refractivity contribution in [1.29, 1.82) is 0 Å². The average Bonchev–Trinajstić information content (AvgIpc) is 2.65. The summed E-state index contributed by atoms with van der Waals surface area (Å²) >= 11 is 12.0. The van der Waals surface area contributed by atoms with Crippen molar-refractivity contribution in [2.24, 2.45) is 0 Å². The molecule has 2 N–H and O–H groups in total. The van der Waals surface area contributed by atoms with E-state index in [0.29, 0.717) is 22.3 Å². The van der Waals surface area contributed by atoms with E-state index in [1.807, 2.05) is 12.1 Å². The number of anilines is 2. The monoisotopic (exact) mass is 372 g/mol. The highest BCUT2D eigenvalue weighted by Gasteiger charge is 2.12. The summed E-state index contributed by atoms with van der Waals surface area (Å²) < 4.78 is 0. The van der Waals surface area contributed by atoms with Crippen LogP contribution >= 0.6 is 23.2 Å². The Hall–Kier alpha value is -2.63. The Bertz CT molecular complexity index is 887. The van der Waals surface area contributed by atoms with E-state index in [4.69, 9.17) is 23.2 Å². The first-order chi connectivity index (χ1) is 12.1. The van der Waals surface area contributed by atoms with E-state index in [1.165, 1.54) is 0 Å². The van der Waals surface area contributed by atoms with Crippen LogP contribution < -0.4 is 10.6 Å². The van der Waals surface area contributed by atoms with Gasteiger partial charge in [-0.25, -0.2) is 0 Å². The molecule has 25 heavy (non-hydrogen) atoms. The fraction of sp³-hybridized carbons (Fsp3) is 0.0556. The minimum Gasteiger partial charge on any atom is -0.381 e. The van der Waals surface area contributed by atoms with Crippen molar-refractivity contribution in [3.63, 3.8) is 0 Å². The lowest BCUT2D eigenvalue weighted by Gasteiger charge is -2.10. The van der Waals surface area contributed by atoms with E-state index in [9.17, 15) is 4.79 Å². The van der Waals surface area contributed by atoms with Gasteiger partial charge in [0.25, 0.3) is 5.91 Å². The molecule has 0 fully saturated rings. The smallest absolute Gasteiger partial charge is 0.274 e. The molecule has 3 aromatic rings. The molecule has 0 saturated carbocycles. The van der Waals surface area contributed by atoms with Gasteiger partial charge in [-0.05, 0) is 35.9 Å². The van der Waals surface area contributed by atoms with E-state index in [-0.39, 0.29) is 11.6 Å². The third kappa shape index (κ3) is 4.47. The minimum absolute atomic E-state index is 0.271. The van der Waals surface area contributed by atoms with Crippen molar-refractivity contribution in [1.82, 2.24) is 9.97 Å². The first-order valence-corrected chi connectivity index (χ1v) is 8.23. The quantitative estimate of drug-likeness (QED) is 0.683. The minimum atomic E-state index is -0.366. The van der Waals surface area contributed by atoms with Gasteiger partial charge in [-0.1, -0.05) is 35.3 Å². The lowest BCUT2D eigenvalue weighted by Crippen LogP contribution is -2.14. The van der Waals surface area contributed by atoms with Gasteiger partial charge in [0.2, 0.25) is 0 Å². The molecular formula is C18H14Cl2N4O. The van der Waals surface area contributed by atoms with Crippen LogP contribution in [0.25, 0.3) is 0 Å². The number of hydrogen-bond acceptors (Lipinski definition) is 4. The molecule has 0 atom stereocenters. The number of nitrogens with one attached hydrogen (secondary N) is 2. The van der Waals surface area contributed by atoms with Crippen molar-refractivity contribution in [2.45, 2.75) is 6.54 Å². The maximum Gasteiger partial charge on any atom is 0.274 e. The number of benzene rings is 1. The molecule has 0 radical (unpaired) electrons. The first kappa shape index (κ1) is 17.2. The van der Waals surface area contributed by atoms with Crippen molar-refractivity contribution in [2.75, 3.05) is 10.6 Å². The second kappa shape index (κ2) is 7.96. The molecule has 0 aliphatic rings. The van der Waals surface area contributed by atoms with Crippen molar-refractivity contribution < 1.29 is 4.79 Å². The predicted molar refractivity (Wildman–Crippen MR) is 100 cm³/mol. The fourth-order valence-electron chi connectivity index (χ4n) is 2.16. The zero-order valence-corrected chi connectivity index (χ0v) is 14.6. The summed E-state index contributed by atoms with van der Waals surface area (Å²) in [6.45, 7) is 0.596. The molecule has 0 aliphatic heterocycles. The Kier molecular flexibility index (Phi) is 5.48. The number of hydrogen-bond donors (Lipinski definition) is 2. The molecule has 126 valence electrons. The molecule has 0 saturated heterocycles. The van der Waals surface area contributed by atoms with Crippen LogP contribution in [0, 0.1) is 0 Å². The highest BCUT2D eigenvalue weighted by atomic mass is 35.5. The van der Waals surface area contributed by atoms with Gasteiger partial charge in [0.1, 0.15) is 5.69 Å². The highest BCUT2D eigenvalue weighted by molar-refractivity contribution is 6.44. The normalized spacial score (nSPS) is 10.3. The molecule has 0 unspecified atom stereocenters. The summed E-state index contributed by atoms with van der Waals surface area (Å²) in [5.74, 6) is -0.366. The molecule has 1 amide bonds. The molecular weight excluding hydrogens is 359 g/mol. The highest BCUT2D eigenvalue weighted by Crippen LogP contribution is 2.29. The fourth-order valence-corrected chi connectivity index (χ4v) is 2.51. The molecule has 0 spiro atoms. The van der Waals surface area contributed by atoms with Gasteiger partial charge in [-0.15, -0.1) is 0 Å². The second-order valence-electron chi connectivity index (χ2n) is 5.20. The molecule has 0 bridgehead atoms. The van der Waals surface area contributed by atoms with Gasteiger partial charge in [0.05, 0.1) is 15.7 Å². The Morgan fingerprint density at radius 1 is 1.08 bits per heavy atom. The molecule has 1 aromatic carbocycles. The van der Waals surface area contributed by atoms with Crippen LogP contribution in [0.3, 0.4) is 0 Å². The number of aromatic nitrogens is 2. The Morgan fingerprint density at radius 2 is 1.96 bits per heavy atom. The van der Waals surface area contributed by atoms with Gasteiger partial charge >= 0.3 is 0 Å². The number of halogens is 2. The van der Waals surface area contributed by atoms with Crippen LogP contribution in [0.4, 0.5) is 11.4 Å². The maximum atomic E-state index is 12.4. The van der Waals surface area contributed by atoms with E-state index >= 15 is 0 Å². The predicted octanol–water partition coefficient (Wildman–Crippen LogP) is 4.65. The summed E-state index contributed by atoms with van der Waals surface area (Å²) in [6, 6.07) is 12.3. The van der Waals surface area contributed by atoms with Crippen molar-refractivity contribution >= 4 is 40.5 Å². The number of rotatable bonds is 5. The van der Waals surface area contributed by atoms with Gasteiger partial charge in [-0.2, -0.15) is 0 Å². The SMILES string of the molecule is O=C(Nc1cccc(Cl)c1Cl)c1cc(NCc2cccnc2)ccn1. The molecule has 2 aromatic heterocycles. The zero-order valence-electron chi connectivity index (χ0n) is 13.0. The van der Waals surface area contributed by atoms with Gasteiger partial charge in [0.15, 0.2) is 0 Å². The third-order valence-electron chi connectivity index (χ3n) is 3.41. The molecule has 3 rings (SSSR count). The van der Waals surface area contributed by atoms with Crippen molar-refractivity contribution in [3.05, 3.63) is 82.4 Å². The van der Waals surface area contributed by atoms with Crippen LogP contribution in [0.15, 0.2) is 61.1 Å². The van der Waals surface area contributed by atoms with Crippen LogP contribution in [0.2, 0.25) is 10.0 Å². The summed E-state index contributed by atoms with van der Waals surface area (Å²) in [5.41, 5.74) is 2.53. The number of pyridine rings is 2. The van der Waals surface area contributed by atoms with Crippen LogP contribution in [0.1, 0.15) is 16.1 Å². The van der Waals surface area contributed by atoms with E-state index in [2.05, 4.69) is 20.6 Å². The molecule has 0 aliphatic carbocycles. The summed E-state index contributed by atoms with van der Waals surface area (Å²) in [4.78, 5) is 20.6. The standard InChI is InChI=1S/C18H14Cl2N4O/c19-14-4-1-5-15(17(14)20)24-18(25)16-9-13(6-8-22-16)23-11-12-3-2-7-21-10-12/h1-10H,11H2,(H,22,23)(H,24,25). The number of nitrogens with zero attached hydrogens (tertiary/aromatic N) is 2. The molecule has 2 heterocycles. The molecule has 5 nitrogen and oxygen atoms in total. The van der Waals surface area contributed by atoms with E-state index in [1.54, 1.807) is 48.9 Å². The van der Waals surface area contributed by atoms with Crippen LogP contribution in [-0.4, -0.2) is 15.9 Å². The topological polar surface area (TPSA) is 66.9 Å². The number of amides is 1. The summed E-state index contributed by atoms with van der Waals surface area (Å²) in [5, 5.41) is 6.62. The first-order valence-electron chi connectivity index (χ1n) is 7.47. The van der Waals surface area contributed by atoms with E-state index in [0.717, 1.165) is 11.3 Å². The average molecular weight is 373 g/mol. The Morgan fingerprint density at radius 3 is 2.76 bits per heavy atom. The number of carbonyl (C=O) groups excluding carboxylic acids is 1. The van der Waals surface area contributed by atoms with Crippen LogP contribution in [0.5, 0.6) is 0 Å². The lowest BCUT2D eigenvalue weighted by molar-refractivity contribution is 0.102. The zero-order chi connectivity index (χ0) is 17.6. The maximum absolute atomic E-state index is 12.4. The van der Waals surface area contributed by atoms with Gasteiger partial charge < -0.3 is 10.6 Å². The summed E-state index contributed by atoms with van der Waals surface area (Å²) in [7, 11) is 0.